The van der Waals surface area contributed by atoms with Gasteiger partial charge in [-0.2, -0.15) is 5.10 Å². The average molecular weight is 338 g/mol. The van der Waals surface area contributed by atoms with E-state index in [2.05, 4.69) is 60.5 Å². The zero-order valence-electron chi connectivity index (χ0n) is 14.0. The maximum Gasteiger partial charge on any atom is 0.0738 e. The molecule has 0 aliphatic carbocycles. The van der Waals surface area contributed by atoms with E-state index in [0.717, 1.165) is 22.2 Å². The van der Waals surface area contributed by atoms with Gasteiger partial charge in [0.05, 0.1) is 17.4 Å². The standard InChI is InChI=1S/C20H20ClN3/c1-20(2,3)15-6-4-14(5-7-15)13-23-24-18-10-11-22-19-12-16(21)8-9-17(18)19/h4-13H,1-3H3,(H,22,24). The first-order valence-electron chi connectivity index (χ1n) is 7.87. The zero-order valence-corrected chi connectivity index (χ0v) is 14.8. The number of hydrazone groups is 1. The van der Waals surface area contributed by atoms with Gasteiger partial charge in [-0.1, -0.05) is 56.6 Å². The molecule has 4 heteroatoms. The molecule has 3 rings (SSSR count). The lowest BCUT2D eigenvalue weighted by atomic mass is 9.87. The summed E-state index contributed by atoms with van der Waals surface area (Å²) in [4.78, 5) is 4.33. The van der Waals surface area contributed by atoms with Crippen LogP contribution < -0.4 is 5.43 Å². The lowest BCUT2D eigenvalue weighted by Gasteiger charge is -2.18. The second-order valence-corrected chi connectivity index (χ2v) is 7.20. The molecule has 0 saturated heterocycles. The molecule has 0 saturated carbocycles. The summed E-state index contributed by atoms with van der Waals surface area (Å²) in [7, 11) is 0. The Bertz CT molecular complexity index is 878. The third-order valence-corrected chi connectivity index (χ3v) is 4.12. The van der Waals surface area contributed by atoms with E-state index in [1.807, 2.05) is 30.5 Å². The molecule has 0 radical (unpaired) electrons. The number of hydrogen-bond acceptors (Lipinski definition) is 3. The van der Waals surface area contributed by atoms with Crippen molar-refractivity contribution in [3.05, 3.63) is 70.9 Å². The third kappa shape index (κ3) is 3.74. The van der Waals surface area contributed by atoms with Crippen LogP contribution in [0, 0.1) is 0 Å². The van der Waals surface area contributed by atoms with E-state index in [0.29, 0.717) is 5.02 Å². The Labute approximate surface area is 147 Å². The van der Waals surface area contributed by atoms with Crippen molar-refractivity contribution in [2.45, 2.75) is 26.2 Å². The van der Waals surface area contributed by atoms with Gasteiger partial charge in [0.25, 0.3) is 0 Å². The summed E-state index contributed by atoms with van der Waals surface area (Å²) in [5.41, 5.74) is 7.35. The molecule has 3 aromatic rings. The second kappa shape index (κ2) is 6.62. The highest BCUT2D eigenvalue weighted by atomic mass is 35.5. The fraction of sp³-hybridized carbons (Fsp3) is 0.200. The molecule has 24 heavy (non-hydrogen) atoms. The number of pyridine rings is 1. The smallest absolute Gasteiger partial charge is 0.0738 e. The van der Waals surface area contributed by atoms with Crippen molar-refractivity contribution in [2.24, 2.45) is 5.10 Å². The molecule has 1 heterocycles. The molecule has 0 atom stereocenters. The first-order valence-corrected chi connectivity index (χ1v) is 8.25. The molecule has 3 nitrogen and oxygen atoms in total. The normalized spacial score (nSPS) is 12.0. The number of fused-ring (bicyclic) bond motifs is 1. The van der Waals surface area contributed by atoms with Gasteiger partial charge < -0.3 is 0 Å². The number of nitrogens with zero attached hydrogens (tertiary/aromatic N) is 2. The van der Waals surface area contributed by atoms with E-state index < -0.39 is 0 Å². The number of halogens is 1. The van der Waals surface area contributed by atoms with Crippen molar-refractivity contribution in [3.8, 4) is 0 Å². The highest BCUT2D eigenvalue weighted by molar-refractivity contribution is 6.31. The van der Waals surface area contributed by atoms with Crippen molar-refractivity contribution in [1.82, 2.24) is 4.98 Å². The van der Waals surface area contributed by atoms with E-state index in [4.69, 9.17) is 11.6 Å². The van der Waals surface area contributed by atoms with Crippen molar-refractivity contribution < 1.29 is 0 Å². The Kier molecular flexibility index (Phi) is 4.54. The minimum Gasteiger partial charge on any atom is -0.278 e. The van der Waals surface area contributed by atoms with Gasteiger partial charge in [0.15, 0.2) is 0 Å². The van der Waals surface area contributed by atoms with Gasteiger partial charge in [-0.3, -0.25) is 10.4 Å². The molecule has 122 valence electrons. The molecule has 0 fully saturated rings. The van der Waals surface area contributed by atoms with Gasteiger partial charge in [-0.15, -0.1) is 0 Å². The topological polar surface area (TPSA) is 37.3 Å². The van der Waals surface area contributed by atoms with Crippen LogP contribution in [0.15, 0.2) is 59.8 Å². The third-order valence-electron chi connectivity index (χ3n) is 3.88. The van der Waals surface area contributed by atoms with Crippen LogP contribution in [0.2, 0.25) is 5.02 Å². The van der Waals surface area contributed by atoms with E-state index in [-0.39, 0.29) is 5.41 Å². The zero-order chi connectivity index (χ0) is 17.2. The van der Waals surface area contributed by atoms with E-state index in [1.54, 1.807) is 6.20 Å². The number of anilines is 1. The predicted molar refractivity (Wildman–Crippen MR) is 103 cm³/mol. The molecular formula is C20H20ClN3. The largest absolute Gasteiger partial charge is 0.278 e. The SMILES string of the molecule is CC(C)(C)c1ccc(C=NNc2ccnc3cc(Cl)ccc23)cc1. The number of benzene rings is 2. The molecule has 0 spiro atoms. The van der Waals surface area contributed by atoms with Crippen LogP contribution in [-0.2, 0) is 5.41 Å². The fourth-order valence-electron chi connectivity index (χ4n) is 2.46. The summed E-state index contributed by atoms with van der Waals surface area (Å²) < 4.78 is 0. The van der Waals surface area contributed by atoms with E-state index in [9.17, 15) is 0 Å². The van der Waals surface area contributed by atoms with Crippen molar-refractivity contribution in [2.75, 3.05) is 5.43 Å². The Hall–Kier alpha value is -2.39. The van der Waals surface area contributed by atoms with Gasteiger partial charge in [0.1, 0.15) is 0 Å². The number of nitrogens with one attached hydrogen (secondary N) is 1. The van der Waals surface area contributed by atoms with Gasteiger partial charge in [0.2, 0.25) is 0 Å². The summed E-state index contributed by atoms with van der Waals surface area (Å²) in [5, 5.41) is 6.00. The highest BCUT2D eigenvalue weighted by Gasteiger charge is 2.12. The Balaban J connectivity index is 1.77. The monoisotopic (exact) mass is 337 g/mol. The van der Waals surface area contributed by atoms with Crippen molar-refractivity contribution in [1.29, 1.82) is 0 Å². The van der Waals surface area contributed by atoms with Crippen molar-refractivity contribution >= 4 is 34.4 Å². The molecule has 0 amide bonds. The van der Waals surface area contributed by atoms with Crippen LogP contribution in [0.1, 0.15) is 31.9 Å². The average Bonchev–Trinajstić information content (AvgIpc) is 2.54. The quantitative estimate of drug-likeness (QED) is 0.496. The number of aromatic nitrogens is 1. The van der Waals surface area contributed by atoms with Crippen LogP contribution in [-0.4, -0.2) is 11.2 Å². The maximum absolute atomic E-state index is 6.01. The summed E-state index contributed by atoms with van der Waals surface area (Å²) in [5.74, 6) is 0. The Morgan fingerprint density at radius 1 is 1.04 bits per heavy atom. The summed E-state index contributed by atoms with van der Waals surface area (Å²) in [6.07, 6.45) is 3.56. The van der Waals surface area contributed by atoms with Gasteiger partial charge in [0, 0.05) is 16.6 Å². The van der Waals surface area contributed by atoms with Crippen LogP contribution >= 0.6 is 11.6 Å². The van der Waals surface area contributed by atoms with Crippen LogP contribution in [0.25, 0.3) is 10.9 Å². The number of rotatable bonds is 3. The Morgan fingerprint density at radius 2 is 1.79 bits per heavy atom. The minimum atomic E-state index is 0.158. The summed E-state index contributed by atoms with van der Waals surface area (Å²) in [6.45, 7) is 6.62. The molecule has 0 aliphatic rings. The summed E-state index contributed by atoms with van der Waals surface area (Å²) >= 11 is 6.01. The molecule has 1 N–H and O–H groups in total. The lowest BCUT2D eigenvalue weighted by Crippen LogP contribution is -2.10. The lowest BCUT2D eigenvalue weighted by molar-refractivity contribution is 0.590. The Morgan fingerprint density at radius 3 is 2.50 bits per heavy atom. The van der Waals surface area contributed by atoms with E-state index >= 15 is 0 Å². The fourth-order valence-corrected chi connectivity index (χ4v) is 2.63. The number of hydrogen-bond donors (Lipinski definition) is 1. The summed E-state index contributed by atoms with van der Waals surface area (Å²) in [6, 6.07) is 16.0. The second-order valence-electron chi connectivity index (χ2n) is 6.76. The first kappa shape index (κ1) is 16.5. The van der Waals surface area contributed by atoms with Gasteiger partial charge in [-0.05, 0) is 40.8 Å². The molecule has 1 aromatic heterocycles. The van der Waals surface area contributed by atoms with Gasteiger partial charge in [-0.25, -0.2) is 0 Å². The molecule has 0 aliphatic heterocycles. The molecule has 0 unspecified atom stereocenters. The van der Waals surface area contributed by atoms with Crippen LogP contribution in [0.3, 0.4) is 0 Å². The maximum atomic E-state index is 6.01. The minimum absolute atomic E-state index is 0.158. The van der Waals surface area contributed by atoms with Crippen molar-refractivity contribution in [3.63, 3.8) is 0 Å². The molecule has 0 bridgehead atoms. The van der Waals surface area contributed by atoms with Gasteiger partial charge >= 0.3 is 0 Å². The predicted octanol–water partition coefficient (Wildman–Crippen LogP) is 5.63. The van der Waals surface area contributed by atoms with Crippen LogP contribution in [0.5, 0.6) is 0 Å². The first-order chi connectivity index (χ1) is 11.4. The van der Waals surface area contributed by atoms with E-state index in [1.165, 1.54) is 5.56 Å². The molecular weight excluding hydrogens is 318 g/mol. The van der Waals surface area contributed by atoms with Crippen LogP contribution in [0.4, 0.5) is 5.69 Å². The highest BCUT2D eigenvalue weighted by Crippen LogP contribution is 2.24. The molecule has 2 aromatic carbocycles.